The lowest BCUT2D eigenvalue weighted by Gasteiger charge is -1.93. The molecule has 0 aliphatic rings. The minimum Gasteiger partial charge on any atom is -0.312 e. The number of nitriles is 1. The summed E-state index contributed by atoms with van der Waals surface area (Å²) in [6.07, 6.45) is 0. The fourth-order valence-corrected chi connectivity index (χ4v) is 1.44. The van der Waals surface area contributed by atoms with Crippen LogP contribution >= 0.6 is 11.3 Å². The van der Waals surface area contributed by atoms with Crippen LogP contribution in [0.1, 0.15) is 10.9 Å². The molecular weight excluding hydrogens is 178 g/mol. The highest BCUT2D eigenvalue weighted by molar-refractivity contribution is 7.15. The summed E-state index contributed by atoms with van der Waals surface area (Å²) in [5, 5.41) is 18.6. The van der Waals surface area contributed by atoms with Crippen LogP contribution in [0.5, 0.6) is 0 Å². The minimum absolute atomic E-state index is 0.00991. The molecule has 0 amide bonds. The molecule has 0 aliphatic carbocycles. The molecule has 0 bridgehead atoms. The van der Waals surface area contributed by atoms with E-state index in [0.29, 0.717) is 4.88 Å². The van der Waals surface area contributed by atoms with Crippen molar-refractivity contribution in [3.8, 4) is 6.07 Å². The van der Waals surface area contributed by atoms with Gasteiger partial charge in [0.1, 0.15) is 6.04 Å². The van der Waals surface area contributed by atoms with E-state index in [2.05, 4.69) is 0 Å². The van der Waals surface area contributed by atoms with E-state index in [4.69, 9.17) is 11.0 Å². The third kappa shape index (κ3) is 1.58. The van der Waals surface area contributed by atoms with Crippen LogP contribution in [0.3, 0.4) is 0 Å². The van der Waals surface area contributed by atoms with Crippen LogP contribution in [0.2, 0.25) is 0 Å². The van der Waals surface area contributed by atoms with Gasteiger partial charge in [0.2, 0.25) is 0 Å². The minimum atomic E-state index is -0.760. The number of nitrogens with two attached hydrogens (primary N) is 1. The summed E-state index contributed by atoms with van der Waals surface area (Å²) >= 11 is 0.927. The van der Waals surface area contributed by atoms with E-state index < -0.39 is 11.0 Å². The van der Waals surface area contributed by atoms with E-state index in [1.54, 1.807) is 6.07 Å². The van der Waals surface area contributed by atoms with Gasteiger partial charge in [-0.05, 0) is 6.07 Å². The smallest absolute Gasteiger partial charge is 0.312 e. The van der Waals surface area contributed by atoms with Crippen LogP contribution in [0.25, 0.3) is 0 Å². The van der Waals surface area contributed by atoms with Crippen LogP contribution in [0.4, 0.5) is 5.00 Å². The highest BCUT2D eigenvalue weighted by Crippen LogP contribution is 2.27. The third-order valence-electron chi connectivity index (χ3n) is 1.24. The zero-order valence-electron chi connectivity index (χ0n) is 5.93. The maximum Gasteiger partial charge on any atom is 0.324 e. The lowest BCUT2D eigenvalue weighted by atomic mass is 10.3. The topological polar surface area (TPSA) is 93.0 Å². The van der Waals surface area contributed by atoms with Gasteiger partial charge in [-0.15, -0.1) is 0 Å². The Kier molecular flexibility index (Phi) is 2.38. The Morgan fingerprint density at radius 2 is 2.42 bits per heavy atom. The second-order valence-electron chi connectivity index (χ2n) is 2.04. The summed E-state index contributed by atoms with van der Waals surface area (Å²) in [7, 11) is 0. The number of rotatable bonds is 2. The quantitative estimate of drug-likeness (QED) is 0.550. The Labute approximate surface area is 72.2 Å². The van der Waals surface area contributed by atoms with Crippen LogP contribution in [0.15, 0.2) is 12.1 Å². The second kappa shape index (κ2) is 3.30. The van der Waals surface area contributed by atoms with Gasteiger partial charge in [-0.1, -0.05) is 11.3 Å². The monoisotopic (exact) mass is 183 g/mol. The Hall–Kier alpha value is -1.45. The molecule has 0 saturated heterocycles. The maximum atomic E-state index is 10.2. The molecule has 0 aromatic carbocycles. The molecule has 1 heterocycles. The van der Waals surface area contributed by atoms with Gasteiger partial charge in [-0.25, -0.2) is 0 Å². The van der Waals surface area contributed by atoms with Gasteiger partial charge in [0.15, 0.2) is 0 Å². The summed E-state index contributed by atoms with van der Waals surface area (Å²) in [5.74, 6) is 0. The second-order valence-corrected chi connectivity index (χ2v) is 3.13. The lowest BCUT2D eigenvalue weighted by molar-refractivity contribution is -0.380. The normalized spacial score (nSPS) is 12.0. The molecule has 1 atom stereocenters. The molecule has 0 radical (unpaired) electrons. The van der Waals surface area contributed by atoms with Gasteiger partial charge in [-0.2, -0.15) is 5.26 Å². The summed E-state index contributed by atoms with van der Waals surface area (Å²) in [6, 6.07) is 3.88. The van der Waals surface area contributed by atoms with Crippen LogP contribution in [-0.4, -0.2) is 4.92 Å². The van der Waals surface area contributed by atoms with E-state index in [1.807, 2.05) is 0 Å². The first-order valence-corrected chi connectivity index (χ1v) is 3.86. The van der Waals surface area contributed by atoms with Gasteiger partial charge in [0.05, 0.1) is 11.0 Å². The molecular formula is C6H5N3O2S. The summed E-state index contributed by atoms with van der Waals surface area (Å²) < 4.78 is 0. The summed E-state index contributed by atoms with van der Waals surface area (Å²) in [6.45, 7) is 0. The highest BCUT2D eigenvalue weighted by atomic mass is 32.1. The van der Waals surface area contributed by atoms with Gasteiger partial charge >= 0.3 is 5.00 Å². The molecule has 1 aromatic heterocycles. The molecule has 0 fully saturated rings. The zero-order valence-corrected chi connectivity index (χ0v) is 6.75. The average molecular weight is 183 g/mol. The predicted molar refractivity (Wildman–Crippen MR) is 43.5 cm³/mol. The molecule has 2 N–H and O–H groups in total. The van der Waals surface area contributed by atoms with E-state index in [-0.39, 0.29) is 5.00 Å². The van der Waals surface area contributed by atoms with Crippen molar-refractivity contribution in [1.82, 2.24) is 0 Å². The van der Waals surface area contributed by atoms with Crippen LogP contribution in [-0.2, 0) is 0 Å². The molecule has 1 aromatic rings. The van der Waals surface area contributed by atoms with Crippen molar-refractivity contribution >= 4 is 16.3 Å². The molecule has 12 heavy (non-hydrogen) atoms. The number of nitrogens with zero attached hydrogens (tertiary/aromatic N) is 2. The maximum absolute atomic E-state index is 10.2. The van der Waals surface area contributed by atoms with E-state index >= 15 is 0 Å². The van der Waals surface area contributed by atoms with Gasteiger partial charge in [0, 0.05) is 10.9 Å². The largest absolute Gasteiger partial charge is 0.324 e. The van der Waals surface area contributed by atoms with Crippen molar-refractivity contribution in [2.24, 2.45) is 5.73 Å². The van der Waals surface area contributed by atoms with Crippen LogP contribution in [0, 0.1) is 21.4 Å². The predicted octanol–water partition coefficient (Wildman–Crippen LogP) is 1.18. The van der Waals surface area contributed by atoms with Gasteiger partial charge in [0.25, 0.3) is 0 Å². The van der Waals surface area contributed by atoms with Crippen molar-refractivity contribution in [2.75, 3.05) is 0 Å². The Balaban J connectivity index is 2.93. The molecule has 0 saturated carbocycles. The number of thiophene rings is 1. The highest BCUT2D eigenvalue weighted by Gasteiger charge is 2.13. The molecule has 5 nitrogen and oxygen atoms in total. The third-order valence-corrected chi connectivity index (χ3v) is 2.36. The number of hydrogen-bond acceptors (Lipinski definition) is 5. The van der Waals surface area contributed by atoms with Crippen molar-refractivity contribution in [3.63, 3.8) is 0 Å². The van der Waals surface area contributed by atoms with Crippen molar-refractivity contribution in [2.45, 2.75) is 6.04 Å². The first-order valence-electron chi connectivity index (χ1n) is 3.04. The number of hydrogen-bond donors (Lipinski definition) is 1. The zero-order chi connectivity index (χ0) is 9.14. The molecule has 62 valence electrons. The van der Waals surface area contributed by atoms with Crippen molar-refractivity contribution in [1.29, 1.82) is 5.26 Å². The molecule has 6 heteroatoms. The lowest BCUT2D eigenvalue weighted by Crippen LogP contribution is -2.04. The Morgan fingerprint density at radius 3 is 2.83 bits per heavy atom. The Bertz CT molecular complexity index is 341. The summed E-state index contributed by atoms with van der Waals surface area (Å²) in [5.41, 5.74) is 5.33. The Morgan fingerprint density at radius 1 is 1.75 bits per heavy atom. The number of nitro groups is 1. The van der Waals surface area contributed by atoms with E-state index in [9.17, 15) is 10.1 Å². The first kappa shape index (κ1) is 8.64. The fraction of sp³-hybridized carbons (Fsp3) is 0.167. The first-order chi connectivity index (χ1) is 5.65. The summed E-state index contributed by atoms with van der Waals surface area (Å²) in [4.78, 5) is 10.2. The molecule has 1 rings (SSSR count). The fourth-order valence-electron chi connectivity index (χ4n) is 0.671. The average Bonchev–Trinajstić information content (AvgIpc) is 2.51. The van der Waals surface area contributed by atoms with Crippen LogP contribution < -0.4 is 5.73 Å². The van der Waals surface area contributed by atoms with Crippen molar-refractivity contribution in [3.05, 3.63) is 27.1 Å². The molecule has 0 spiro atoms. The van der Waals surface area contributed by atoms with Crippen molar-refractivity contribution < 1.29 is 4.92 Å². The van der Waals surface area contributed by atoms with Gasteiger partial charge in [-0.3, -0.25) is 10.1 Å². The molecule has 0 unspecified atom stereocenters. The standard InChI is InChI=1S/C6H5N3O2S/c7-3-4(8)5-1-2-6(12-5)9(10)11/h1-2,4H,8H2/t4-/m0/s1. The van der Waals surface area contributed by atoms with E-state index in [0.717, 1.165) is 11.3 Å². The molecule has 0 aliphatic heterocycles. The van der Waals surface area contributed by atoms with Gasteiger partial charge < -0.3 is 5.73 Å². The van der Waals surface area contributed by atoms with E-state index in [1.165, 1.54) is 12.1 Å². The SMILES string of the molecule is N#C[C@H](N)c1ccc([N+](=O)[O-])s1.